The summed E-state index contributed by atoms with van der Waals surface area (Å²) in [7, 11) is 0. The van der Waals surface area contributed by atoms with Gasteiger partial charge in [-0.15, -0.1) is 10.2 Å². The highest BCUT2D eigenvalue weighted by molar-refractivity contribution is 5.76. The predicted octanol–water partition coefficient (Wildman–Crippen LogP) is 1.76. The molecule has 2 saturated heterocycles. The molecule has 3 aliphatic heterocycles. The first kappa shape index (κ1) is 17.7. The van der Waals surface area contributed by atoms with Gasteiger partial charge in [-0.1, -0.05) is 12.1 Å². The quantitative estimate of drug-likeness (QED) is 0.749. The fraction of sp³-hybridized carbons (Fsp3) is 0.524. The summed E-state index contributed by atoms with van der Waals surface area (Å²) >= 11 is 0. The minimum atomic E-state index is 0.239. The number of benzene rings is 1. The Morgan fingerprint density at radius 2 is 2.07 bits per heavy atom. The van der Waals surface area contributed by atoms with Crippen molar-refractivity contribution in [3.63, 3.8) is 0 Å². The number of para-hydroxylation sites is 1. The van der Waals surface area contributed by atoms with Crippen LogP contribution in [0.4, 0.5) is 11.5 Å². The van der Waals surface area contributed by atoms with Gasteiger partial charge in [0, 0.05) is 38.3 Å². The minimum Gasteiger partial charge on any atom is -0.507 e. The highest BCUT2D eigenvalue weighted by Gasteiger charge is 2.33. The maximum Gasteiger partial charge on any atom is 0.172 e. The molecule has 0 amide bonds. The zero-order valence-electron chi connectivity index (χ0n) is 16.1. The van der Waals surface area contributed by atoms with Crippen LogP contribution in [0.5, 0.6) is 5.75 Å². The van der Waals surface area contributed by atoms with Crippen molar-refractivity contribution < 1.29 is 5.11 Å². The zero-order chi connectivity index (χ0) is 18.9. The standard InChI is InChI=1S/C21H28N6O/c28-20-6-2-1-5-17(20)18-10-19-21(25-24-18)23-12-16-14-26(8-9-27(16)19)13-15-4-3-7-22-11-15/h1-2,5-6,10,15-16,22,28H,3-4,7-9,11-14H2,(H,23,25)/t15?,16-/m0/s1. The van der Waals surface area contributed by atoms with Crippen LogP contribution in [-0.4, -0.2) is 72.1 Å². The molecule has 4 heterocycles. The number of phenols is 1. The van der Waals surface area contributed by atoms with Crippen LogP contribution < -0.4 is 15.5 Å². The molecule has 0 spiro atoms. The van der Waals surface area contributed by atoms with Crippen LogP contribution in [0.3, 0.4) is 0 Å². The molecule has 2 aromatic rings. The monoisotopic (exact) mass is 380 g/mol. The van der Waals surface area contributed by atoms with E-state index >= 15 is 0 Å². The van der Waals surface area contributed by atoms with Crippen LogP contribution in [0.1, 0.15) is 12.8 Å². The number of hydrogen-bond donors (Lipinski definition) is 3. The lowest BCUT2D eigenvalue weighted by molar-refractivity contribution is 0.178. The van der Waals surface area contributed by atoms with E-state index in [2.05, 4.69) is 36.7 Å². The van der Waals surface area contributed by atoms with Crippen molar-refractivity contribution in [1.29, 1.82) is 0 Å². The Balaban J connectivity index is 1.33. The van der Waals surface area contributed by atoms with Crippen molar-refractivity contribution in [1.82, 2.24) is 20.4 Å². The number of phenolic OH excluding ortho intramolecular Hbond substituents is 1. The number of aromatic nitrogens is 2. The van der Waals surface area contributed by atoms with Gasteiger partial charge in [-0.2, -0.15) is 0 Å². The Bertz CT molecular complexity index is 837. The summed E-state index contributed by atoms with van der Waals surface area (Å²) in [6.45, 7) is 7.60. The lowest BCUT2D eigenvalue weighted by Crippen LogP contribution is -2.58. The van der Waals surface area contributed by atoms with Gasteiger partial charge in [0.05, 0.1) is 17.4 Å². The number of nitrogens with one attached hydrogen (secondary N) is 2. The van der Waals surface area contributed by atoms with Gasteiger partial charge in [0.2, 0.25) is 0 Å². The first-order valence-corrected chi connectivity index (χ1v) is 10.4. The molecule has 2 atom stereocenters. The van der Waals surface area contributed by atoms with Crippen LogP contribution >= 0.6 is 0 Å². The summed E-state index contributed by atoms with van der Waals surface area (Å²) in [5.41, 5.74) is 2.54. The van der Waals surface area contributed by atoms with Crippen LogP contribution in [0, 0.1) is 5.92 Å². The molecule has 3 aliphatic rings. The van der Waals surface area contributed by atoms with E-state index in [9.17, 15) is 5.11 Å². The van der Waals surface area contributed by atoms with Gasteiger partial charge in [-0.25, -0.2) is 0 Å². The molecule has 7 nitrogen and oxygen atoms in total. The molecule has 0 saturated carbocycles. The maximum absolute atomic E-state index is 10.2. The molecule has 148 valence electrons. The fourth-order valence-electron chi connectivity index (χ4n) is 4.79. The van der Waals surface area contributed by atoms with Crippen molar-refractivity contribution in [3.05, 3.63) is 30.3 Å². The number of anilines is 2. The number of aromatic hydroxyl groups is 1. The van der Waals surface area contributed by atoms with Gasteiger partial charge >= 0.3 is 0 Å². The summed E-state index contributed by atoms with van der Waals surface area (Å²) in [6.07, 6.45) is 2.65. The summed E-state index contributed by atoms with van der Waals surface area (Å²) in [5, 5.41) is 25.9. The average Bonchev–Trinajstić information content (AvgIpc) is 2.74. The number of rotatable bonds is 3. The predicted molar refractivity (Wildman–Crippen MR) is 111 cm³/mol. The molecular formula is C21H28N6O. The van der Waals surface area contributed by atoms with E-state index in [4.69, 9.17) is 0 Å². The number of hydrogen-bond acceptors (Lipinski definition) is 7. The van der Waals surface area contributed by atoms with Gasteiger partial charge in [0.15, 0.2) is 5.82 Å². The first-order chi connectivity index (χ1) is 13.8. The topological polar surface area (TPSA) is 76.5 Å². The number of piperazine rings is 1. The lowest BCUT2D eigenvalue weighted by Gasteiger charge is -2.46. The molecule has 1 aromatic heterocycles. The van der Waals surface area contributed by atoms with Gasteiger partial charge in [0.1, 0.15) is 5.75 Å². The summed E-state index contributed by atoms with van der Waals surface area (Å²) in [5.74, 6) is 1.87. The number of fused-ring (bicyclic) bond motifs is 3. The first-order valence-electron chi connectivity index (χ1n) is 10.4. The molecule has 0 radical (unpaired) electrons. The SMILES string of the molecule is Oc1ccccc1-c1cc2c(nn1)NC[C@H]1CN(CC3CCCNC3)CCN21. The molecule has 1 aromatic carbocycles. The van der Waals surface area contributed by atoms with Crippen molar-refractivity contribution in [2.45, 2.75) is 18.9 Å². The number of piperidine rings is 1. The van der Waals surface area contributed by atoms with Crippen molar-refractivity contribution in [2.24, 2.45) is 5.92 Å². The molecule has 7 heteroatoms. The third-order valence-electron chi connectivity index (χ3n) is 6.25. The molecule has 28 heavy (non-hydrogen) atoms. The normalized spacial score (nSPS) is 24.9. The van der Waals surface area contributed by atoms with Crippen molar-refractivity contribution in [2.75, 3.05) is 56.0 Å². The molecule has 5 rings (SSSR count). The van der Waals surface area contributed by atoms with Gasteiger partial charge in [0.25, 0.3) is 0 Å². The van der Waals surface area contributed by atoms with Gasteiger partial charge in [-0.05, 0) is 50.0 Å². The fourth-order valence-corrected chi connectivity index (χ4v) is 4.79. The Labute approximate surface area is 165 Å². The average molecular weight is 380 g/mol. The molecule has 0 bridgehead atoms. The Kier molecular flexibility index (Phi) is 4.78. The van der Waals surface area contributed by atoms with E-state index < -0.39 is 0 Å². The second-order valence-corrected chi connectivity index (χ2v) is 8.18. The molecule has 3 N–H and O–H groups in total. The van der Waals surface area contributed by atoms with Crippen molar-refractivity contribution in [3.8, 4) is 17.0 Å². The van der Waals surface area contributed by atoms with Crippen LogP contribution in [0.25, 0.3) is 11.3 Å². The largest absolute Gasteiger partial charge is 0.507 e. The smallest absolute Gasteiger partial charge is 0.172 e. The van der Waals surface area contributed by atoms with E-state index in [-0.39, 0.29) is 5.75 Å². The lowest BCUT2D eigenvalue weighted by atomic mass is 9.98. The van der Waals surface area contributed by atoms with E-state index in [1.54, 1.807) is 6.07 Å². The minimum absolute atomic E-state index is 0.239. The second-order valence-electron chi connectivity index (χ2n) is 8.18. The molecule has 2 fully saturated rings. The summed E-state index contributed by atoms with van der Waals surface area (Å²) in [6, 6.07) is 9.82. The van der Waals surface area contributed by atoms with Crippen LogP contribution in [-0.2, 0) is 0 Å². The molecular weight excluding hydrogens is 352 g/mol. The molecule has 0 aliphatic carbocycles. The van der Waals surface area contributed by atoms with E-state index in [0.29, 0.717) is 6.04 Å². The van der Waals surface area contributed by atoms with Crippen molar-refractivity contribution >= 4 is 11.5 Å². The summed E-state index contributed by atoms with van der Waals surface area (Å²) < 4.78 is 0. The second kappa shape index (κ2) is 7.56. The Morgan fingerprint density at radius 1 is 1.14 bits per heavy atom. The maximum atomic E-state index is 10.2. The van der Waals surface area contributed by atoms with Gasteiger partial charge in [-0.3, -0.25) is 4.90 Å². The summed E-state index contributed by atoms with van der Waals surface area (Å²) in [4.78, 5) is 5.10. The molecule has 1 unspecified atom stereocenters. The van der Waals surface area contributed by atoms with E-state index in [1.165, 1.54) is 25.9 Å². The zero-order valence-corrected chi connectivity index (χ0v) is 16.1. The highest BCUT2D eigenvalue weighted by Crippen LogP contribution is 2.36. The third kappa shape index (κ3) is 3.40. The van der Waals surface area contributed by atoms with Gasteiger partial charge < -0.3 is 20.6 Å². The third-order valence-corrected chi connectivity index (χ3v) is 6.25. The van der Waals surface area contributed by atoms with Crippen LogP contribution in [0.2, 0.25) is 0 Å². The number of nitrogens with zero attached hydrogens (tertiary/aromatic N) is 4. The van der Waals surface area contributed by atoms with Crippen LogP contribution in [0.15, 0.2) is 30.3 Å². The highest BCUT2D eigenvalue weighted by atomic mass is 16.3. The van der Waals surface area contributed by atoms with E-state index in [0.717, 1.165) is 61.4 Å². The Hall–Kier alpha value is -2.38. The Morgan fingerprint density at radius 3 is 2.93 bits per heavy atom. The van der Waals surface area contributed by atoms with E-state index in [1.807, 2.05) is 18.2 Å².